The lowest BCUT2D eigenvalue weighted by Crippen LogP contribution is -2.57. The van der Waals surface area contributed by atoms with Gasteiger partial charge in [-0.25, -0.2) is 0 Å². The van der Waals surface area contributed by atoms with E-state index in [9.17, 15) is 19.5 Å². The standard InChI is InChI=1S/C28H31BrClN3O5/c1-3-15(2)20(14-34)33-24(26(36)32-19-12-8-7-11-18(19)30)28-13-17(29)23(38-28)21(22(28)27(33)37)25(35)31-16-9-5-4-6-10-16/h4-12,15,17,20-24,34H,3,13-14H2,1-2H3,(H,31,35)(H,32,36)/t15-,17?,20-,21+,22-,23+,24?,28?/m0/s1. The number of aliphatic hydroxyl groups excluding tert-OH is 1. The van der Waals surface area contributed by atoms with Crippen molar-refractivity contribution in [3.63, 3.8) is 0 Å². The van der Waals surface area contributed by atoms with Crippen molar-refractivity contribution in [3.05, 3.63) is 59.6 Å². The Morgan fingerprint density at radius 3 is 2.50 bits per heavy atom. The first-order valence-electron chi connectivity index (χ1n) is 12.9. The van der Waals surface area contributed by atoms with Crippen LogP contribution in [0.2, 0.25) is 5.02 Å². The number of hydrogen-bond acceptors (Lipinski definition) is 5. The van der Waals surface area contributed by atoms with E-state index in [1.165, 1.54) is 4.90 Å². The highest BCUT2D eigenvalue weighted by atomic mass is 79.9. The molecule has 3 saturated heterocycles. The van der Waals surface area contributed by atoms with E-state index >= 15 is 0 Å². The van der Waals surface area contributed by atoms with Gasteiger partial charge in [0.2, 0.25) is 17.7 Å². The molecule has 2 bridgehead atoms. The lowest BCUT2D eigenvalue weighted by molar-refractivity contribution is -0.144. The monoisotopic (exact) mass is 603 g/mol. The van der Waals surface area contributed by atoms with Gasteiger partial charge in [-0.2, -0.15) is 0 Å². The van der Waals surface area contributed by atoms with Gasteiger partial charge in [-0.05, 0) is 36.6 Å². The van der Waals surface area contributed by atoms with Crippen molar-refractivity contribution in [1.82, 2.24) is 4.90 Å². The summed E-state index contributed by atoms with van der Waals surface area (Å²) in [6.45, 7) is 3.59. The molecule has 0 aliphatic carbocycles. The fourth-order valence-corrected chi connectivity index (χ4v) is 7.47. The van der Waals surface area contributed by atoms with Gasteiger partial charge < -0.3 is 25.4 Å². The molecule has 3 fully saturated rings. The van der Waals surface area contributed by atoms with Gasteiger partial charge >= 0.3 is 0 Å². The number of rotatable bonds is 8. The number of anilines is 2. The van der Waals surface area contributed by atoms with E-state index in [0.29, 0.717) is 29.2 Å². The largest absolute Gasteiger partial charge is 0.394 e. The van der Waals surface area contributed by atoms with Gasteiger partial charge in [-0.15, -0.1) is 0 Å². The number of nitrogens with one attached hydrogen (secondary N) is 2. The molecule has 3 aliphatic rings. The Morgan fingerprint density at radius 2 is 1.84 bits per heavy atom. The van der Waals surface area contributed by atoms with Crippen LogP contribution in [-0.2, 0) is 19.1 Å². The average Bonchev–Trinajstić information content (AvgIpc) is 3.50. The molecule has 0 radical (unpaired) electrons. The first-order valence-corrected chi connectivity index (χ1v) is 14.2. The zero-order chi connectivity index (χ0) is 27.2. The molecule has 1 spiro atoms. The molecule has 3 aliphatic heterocycles. The summed E-state index contributed by atoms with van der Waals surface area (Å²) >= 11 is 10.0. The summed E-state index contributed by atoms with van der Waals surface area (Å²) < 4.78 is 6.53. The molecule has 38 heavy (non-hydrogen) atoms. The third-order valence-corrected chi connectivity index (χ3v) is 9.47. The van der Waals surface area contributed by atoms with Crippen molar-refractivity contribution >= 4 is 56.6 Å². The van der Waals surface area contributed by atoms with Crippen molar-refractivity contribution in [2.75, 3.05) is 17.2 Å². The Bertz CT molecular complexity index is 1230. The first kappa shape index (κ1) is 27.1. The van der Waals surface area contributed by atoms with E-state index in [1.807, 2.05) is 32.0 Å². The average molecular weight is 605 g/mol. The van der Waals surface area contributed by atoms with Gasteiger partial charge in [-0.3, -0.25) is 14.4 Å². The van der Waals surface area contributed by atoms with E-state index in [4.69, 9.17) is 16.3 Å². The number of ether oxygens (including phenoxy) is 1. The lowest BCUT2D eigenvalue weighted by Gasteiger charge is -2.38. The minimum atomic E-state index is -1.24. The predicted octanol–water partition coefficient (Wildman–Crippen LogP) is 4.07. The van der Waals surface area contributed by atoms with Crippen molar-refractivity contribution in [3.8, 4) is 0 Å². The third-order valence-electron chi connectivity index (χ3n) is 8.30. The van der Waals surface area contributed by atoms with Gasteiger partial charge in [0.05, 0.1) is 41.3 Å². The summed E-state index contributed by atoms with van der Waals surface area (Å²) in [6.07, 6.45) is 0.481. The van der Waals surface area contributed by atoms with Crippen molar-refractivity contribution in [1.29, 1.82) is 0 Å². The Hall–Kier alpha value is -2.46. The quantitative estimate of drug-likeness (QED) is 0.394. The summed E-state index contributed by atoms with van der Waals surface area (Å²) in [6, 6.07) is 14.2. The number of para-hydroxylation sites is 2. The molecular formula is C28H31BrClN3O5. The number of benzene rings is 2. The highest BCUT2D eigenvalue weighted by molar-refractivity contribution is 9.09. The van der Waals surface area contributed by atoms with Crippen LogP contribution in [0.1, 0.15) is 26.7 Å². The number of hydrogen-bond donors (Lipinski definition) is 3. The van der Waals surface area contributed by atoms with E-state index in [-0.39, 0.29) is 29.2 Å². The van der Waals surface area contributed by atoms with Crippen LogP contribution in [-0.4, -0.2) is 63.0 Å². The van der Waals surface area contributed by atoms with Crippen LogP contribution >= 0.6 is 27.5 Å². The van der Waals surface area contributed by atoms with Gasteiger partial charge in [0.15, 0.2) is 0 Å². The second kappa shape index (κ2) is 10.6. The highest BCUT2D eigenvalue weighted by Crippen LogP contribution is 2.60. The molecule has 3 N–H and O–H groups in total. The number of amides is 3. The fourth-order valence-electron chi connectivity index (χ4n) is 6.35. The summed E-state index contributed by atoms with van der Waals surface area (Å²) in [5.41, 5.74) is -0.207. The summed E-state index contributed by atoms with van der Waals surface area (Å²) in [7, 11) is 0. The van der Waals surface area contributed by atoms with Crippen LogP contribution in [0, 0.1) is 17.8 Å². The number of carbonyl (C=O) groups is 3. The summed E-state index contributed by atoms with van der Waals surface area (Å²) in [5.74, 6) is -2.91. The smallest absolute Gasteiger partial charge is 0.250 e. The van der Waals surface area contributed by atoms with E-state index < -0.39 is 41.5 Å². The maximum absolute atomic E-state index is 14.2. The van der Waals surface area contributed by atoms with E-state index in [1.54, 1.807) is 36.4 Å². The lowest BCUT2D eigenvalue weighted by atomic mass is 9.70. The van der Waals surface area contributed by atoms with Crippen LogP contribution in [0.25, 0.3) is 0 Å². The predicted molar refractivity (Wildman–Crippen MR) is 148 cm³/mol. The summed E-state index contributed by atoms with van der Waals surface area (Å²) in [4.78, 5) is 43.1. The van der Waals surface area contributed by atoms with Crippen LogP contribution in [0.3, 0.4) is 0 Å². The molecule has 202 valence electrons. The SMILES string of the molecule is CC[C@H](C)[C@H](CO)N1C(=O)[C@@H]2[C@@H](C(=O)Nc3ccccc3)[C@@H]3OC2(CC3Br)C1C(=O)Nc1ccccc1Cl. The maximum atomic E-state index is 14.2. The molecule has 0 aromatic heterocycles. The van der Waals surface area contributed by atoms with Crippen LogP contribution < -0.4 is 10.6 Å². The van der Waals surface area contributed by atoms with Gasteiger partial charge in [0.1, 0.15) is 11.6 Å². The number of halogens is 2. The molecule has 0 saturated carbocycles. The molecule has 2 aromatic carbocycles. The molecule has 8 nitrogen and oxygen atoms in total. The topological polar surface area (TPSA) is 108 Å². The molecule has 10 heteroatoms. The van der Waals surface area contributed by atoms with Crippen LogP contribution in [0.15, 0.2) is 54.6 Å². The molecule has 2 aromatic rings. The third kappa shape index (κ3) is 4.33. The minimum absolute atomic E-state index is 0.0941. The van der Waals surface area contributed by atoms with Crippen molar-refractivity contribution in [2.45, 2.75) is 55.3 Å². The molecule has 8 atom stereocenters. The Kier molecular flexibility index (Phi) is 7.57. The Labute approximate surface area is 235 Å². The zero-order valence-electron chi connectivity index (χ0n) is 21.1. The van der Waals surface area contributed by atoms with Crippen molar-refractivity contribution in [2.24, 2.45) is 17.8 Å². The number of alkyl halides is 1. The molecular weight excluding hydrogens is 574 g/mol. The Balaban J connectivity index is 1.56. The second-order valence-electron chi connectivity index (χ2n) is 10.4. The molecule has 5 rings (SSSR count). The number of carbonyl (C=O) groups excluding carboxylic acids is 3. The van der Waals surface area contributed by atoms with E-state index in [0.717, 1.165) is 0 Å². The van der Waals surface area contributed by atoms with Gasteiger partial charge in [0, 0.05) is 10.5 Å². The number of nitrogens with zero attached hydrogens (tertiary/aromatic N) is 1. The maximum Gasteiger partial charge on any atom is 0.250 e. The fraction of sp³-hybridized carbons (Fsp3) is 0.464. The number of fused-ring (bicyclic) bond motifs is 1. The van der Waals surface area contributed by atoms with Crippen LogP contribution in [0.5, 0.6) is 0 Å². The normalized spacial score (nSPS) is 31.1. The van der Waals surface area contributed by atoms with Gasteiger partial charge in [-0.1, -0.05) is 78.1 Å². The summed E-state index contributed by atoms with van der Waals surface area (Å²) in [5, 5.41) is 16.6. The number of aliphatic hydroxyl groups is 1. The number of likely N-dealkylation sites (tertiary alicyclic amines) is 1. The van der Waals surface area contributed by atoms with Crippen LogP contribution in [0.4, 0.5) is 11.4 Å². The first-order chi connectivity index (χ1) is 18.2. The molecule has 3 unspecified atom stereocenters. The minimum Gasteiger partial charge on any atom is -0.394 e. The molecule has 3 heterocycles. The van der Waals surface area contributed by atoms with Gasteiger partial charge in [0.25, 0.3) is 0 Å². The second-order valence-corrected chi connectivity index (χ2v) is 12.0. The van der Waals surface area contributed by atoms with Crippen molar-refractivity contribution < 1.29 is 24.2 Å². The van der Waals surface area contributed by atoms with E-state index in [2.05, 4.69) is 26.6 Å². The zero-order valence-corrected chi connectivity index (χ0v) is 23.5. The molecule has 3 amide bonds. The highest BCUT2D eigenvalue weighted by Gasteiger charge is 2.77. The Morgan fingerprint density at radius 1 is 1.16 bits per heavy atom.